The summed E-state index contributed by atoms with van der Waals surface area (Å²) in [5.74, 6) is 3.08. The minimum absolute atomic E-state index is 0.0283. The van der Waals surface area contributed by atoms with Crippen molar-refractivity contribution >= 4 is 11.8 Å². The summed E-state index contributed by atoms with van der Waals surface area (Å²) >= 11 is 0. The Kier molecular flexibility index (Phi) is 6.46. The van der Waals surface area contributed by atoms with Crippen LogP contribution in [0.15, 0.2) is 14.9 Å². The number of piperidine rings is 1. The molecule has 1 unspecified atom stereocenters. The largest absolute Gasteiger partial charge is 0.466 e. The molecule has 0 radical (unpaired) electrons. The lowest BCUT2D eigenvalue weighted by atomic mass is 9.76. The van der Waals surface area contributed by atoms with E-state index in [1.54, 1.807) is 0 Å². The molecule has 5 rings (SSSR count). The summed E-state index contributed by atoms with van der Waals surface area (Å²) < 4.78 is 11.7. The Morgan fingerprint density at radius 1 is 1.06 bits per heavy atom. The second-order valence-electron chi connectivity index (χ2n) is 11.0. The number of likely N-dealkylation sites (tertiary alicyclic amines) is 3. The number of amides is 2. The topological polar surface area (TPSA) is 95.9 Å². The maximum Gasteiger partial charge on any atom is 0.257 e. The highest BCUT2D eigenvalue weighted by Crippen LogP contribution is 2.49. The molecule has 1 spiro atoms. The van der Waals surface area contributed by atoms with Crippen LogP contribution in [0.2, 0.25) is 0 Å². The second kappa shape index (κ2) is 9.41. The van der Waals surface area contributed by atoms with Gasteiger partial charge in [-0.2, -0.15) is 0 Å². The molecule has 0 saturated carbocycles. The van der Waals surface area contributed by atoms with Crippen LogP contribution in [-0.2, 0) is 4.79 Å². The van der Waals surface area contributed by atoms with Crippen molar-refractivity contribution in [3.05, 3.63) is 34.9 Å². The Morgan fingerprint density at radius 3 is 2.37 bits per heavy atom. The Morgan fingerprint density at radius 2 is 1.77 bits per heavy atom. The minimum Gasteiger partial charge on any atom is -0.466 e. The molecule has 5 heterocycles. The Labute approximate surface area is 206 Å². The van der Waals surface area contributed by atoms with E-state index in [4.69, 9.17) is 8.83 Å². The Bertz CT molecular complexity index is 1080. The van der Waals surface area contributed by atoms with Crippen molar-refractivity contribution in [2.45, 2.75) is 71.8 Å². The van der Waals surface area contributed by atoms with Gasteiger partial charge < -0.3 is 18.6 Å². The smallest absolute Gasteiger partial charge is 0.257 e. The fourth-order valence-corrected chi connectivity index (χ4v) is 5.97. The molecule has 35 heavy (non-hydrogen) atoms. The average molecular weight is 484 g/mol. The first-order chi connectivity index (χ1) is 16.7. The van der Waals surface area contributed by atoms with Crippen molar-refractivity contribution in [3.63, 3.8) is 0 Å². The van der Waals surface area contributed by atoms with Gasteiger partial charge in [0.25, 0.3) is 5.91 Å². The summed E-state index contributed by atoms with van der Waals surface area (Å²) in [6, 6.07) is 1.77. The van der Waals surface area contributed by atoms with Crippen molar-refractivity contribution in [3.8, 4) is 0 Å². The molecule has 3 aliphatic heterocycles. The molecule has 1 atom stereocenters. The zero-order valence-electron chi connectivity index (χ0n) is 21.4. The van der Waals surface area contributed by atoms with Crippen LogP contribution in [0.5, 0.6) is 0 Å². The number of hydrogen-bond acceptors (Lipinski definition) is 7. The van der Waals surface area contributed by atoms with Crippen LogP contribution < -0.4 is 0 Å². The number of carbonyl (C=O) groups excluding carboxylic acids is 2. The Balaban J connectivity index is 1.31. The molecule has 2 aromatic rings. The summed E-state index contributed by atoms with van der Waals surface area (Å²) in [5, 5.41) is 8.65. The van der Waals surface area contributed by atoms with E-state index in [0.717, 1.165) is 57.5 Å². The third-order valence-corrected chi connectivity index (χ3v) is 8.02. The van der Waals surface area contributed by atoms with E-state index in [-0.39, 0.29) is 29.2 Å². The molecule has 0 N–H and O–H groups in total. The monoisotopic (exact) mass is 483 g/mol. The molecule has 9 heteroatoms. The van der Waals surface area contributed by atoms with E-state index >= 15 is 0 Å². The number of nitrogens with zero attached hydrogens (tertiary/aromatic N) is 5. The normalized spacial score (nSPS) is 22.6. The van der Waals surface area contributed by atoms with Gasteiger partial charge >= 0.3 is 0 Å². The van der Waals surface area contributed by atoms with Gasteiger partial charge in [-0.1, -0.05) is 13.8 Å². The molecule has 2 aromatic heterocycles. The van der Waals surface area contributed by atoms with E-state index in [0.29, 0.717) is 42.7 Å². The molecular weight excluding hydrogens is 446 g/mol. The van der Waals surface area contributed by atoms with Crippen LogP contribution >= 0.6 is 0 Å². The van der Waals surface area contributed by atoms with Gasteiger partial charge in [-0.3, -0.25) is 14.5 Å². The van der Waals surface area contributed by atoms with E-state index in [9.17, 15) is 9.59 Å². The number of hydrogen-bond donors (Lipinski definition) is 0. The minimum atomic E-state index is -0.0671. The maximum atomic E-state index is 13.1. The van der Waals surface area contributed by atoms with Crippen LogP contribution in [0.3, 0.4) is 0 Å². The van der Waals surface area contributed by atoms with Crippen molar-refractivity contribution in [2.75, 3.05) is 39.3 Å². The number of aromatic nitrogens is 2. The second-order valence-corrected chi connectivity index (χ2v) is 11.0. The standard InChI is InChI=1S/C26H37N5O4/c1-17(2)23-27-28-24(35-23)21-14-26(16-31(21)15-22(32)29-9-5-6-10-29)7-11-30(12-8-26)25(33)20-13-18(3)34-19(20)4/h13,17,21H,5-12,14-16H2,1-4H3. The summed E-state index contributed by atoms with van der Waals surface area (Å²) in [7, 11) is 0. The summed E-state index contributed by atoms with van der Waals surface area (Å²) in [5.41, 5.74) is 0.688. The van der Waals surface area contributed by atoms with E-state index in [2.05, 4.69) is 15.1 Å². The van der Waals surface area contributed by atoms with Crippen molar-refractivity contribution in [1.82, 2.24) is 24.9 Å². The average Bonchev–Trinajstić information content (AvgIpc) is 3.61. The van der Waals surface area contributed by atoms with Crippen molar-refractivity contribution in [2.24, 2.45) is 5.41 Å². The molecule has 3 aliphatic rings. The molecule has 0 aromatic carbocycles. The number of furan rings is 1. The van der Waals surface area contributed by atoms with Crippen LogP contribution in [0.25, 0.3) is 0 Å². The highest BCUT2D eigenvalue weighted by molar-refractivity contribution is 5.95. The summed E-state index contributed by atoms with van der Waals surface area (Å²) in [4.78, 5) is 32.3. The molecular formula is C26H37N5O4. The van der Waals surface area contributed by atoms with Crippen LogP contribution in [0.1, 0.15) is 91.6 Å². The first kappa shape index (κ1) is 24.0. The maximum absolute atomic E-state index is 13.1. The molecule has 3 saturated heterocycles. The fourth-order valence-electron chi connectivity index (χ4n) is 5.97. The van der Waals surface area contributed by atoms with Gasteiger partial charge in [0.05, 0.1) is 18.2 Å². The third kappa shape index (κ3) is 4.75. The predicted molar refractivity (Wildman–Crippen MR) is 129 cm³/mol. The van der Waals surface area contributed by atoms with Crippen molar-refractivity contribution in [1.29, 1.82) is 0 Å². The highest BCUT2D eigenvalue weighted by atomic mass is 16.4. The van der Waals surface area contributed by atoms with Gasteiger partial charge in [-0.25, -0.2) is 0 Å². The Hall–Kier alpha value is -2.68. The lowest BCUT2D eigenvalue weighted by molar-refractivity contribution is -0.131. The van der Waals surface area contributed by atoms with E-state index < -0.39 is 0 Å². The molecule has 2 amide bonds. The summed E-state index contributed by atoms with van der Waals surface area (Å²) in [6.07, 6.45) is 4.82. The molecule has 9 nitrogen and oxygen atoms in total. The van der Waals surface area contributed by atoms with Gasteiger partial charge in [0.2, 0.25) is 17.7 Å². The van der Waals surface area contributed by atoms with Crippen molar-refractivity contribution < 1.29 is 18.4 Å². The lowest BCUT2D eigenvalue weighted by Gasteiger charge is -2.39. The fraction of sp³-hybridized carbons (Fsp3) is 0.692. The molecule has 0 aliphatic carbocycles. The summed E-state index contributed by atoms with van der Waals surface area (Å²) in [6.45, 7) is 12.1. The van der Waals surface area contributed by atoms with E-state index in [1.165, 1.54) is 0 Å². The van der Waals surface area contributed by atoms with Gasteiger partial charge in [0, 0.05) is 38.6 Å². The van der Waals surface area contributed by atoms with E-state index in [1.807, 2.05) is 43.6 Å². The molecule has 190 valence electrons. The zero-order chi connectivity index (χ0) is 24.7. The third-order valence-electron chi connectivity index (χ3n) is 8.02. The number of aryl methyl sites for hydroxylation is 2. The predicted octanol–water partition coefficient (Wildman–Crippen LogP) is 3.69. The van der Waals surface area contributed by atoms with Gasteiger partial charge in [-0.05, 0) is 57.4 Å². The van der Waals surface area contributed by atoms with Crippen LogP contribution in [0, 0.1) is 19.3 Å². The SMILES string of the molecule is Cc1cc(C(=O)N2CCC3(CC2)CC(c2nnc(C(C)C)o2)N(CC(=O)N2CCCC2)C3)c(C)o1. The lowest BCUT2D eigenvalue weighted by Crippen LogP contribution is -2.45. The molecule has 0 bridgehead atoms. The number of carbonyl (C=O) groups is 2. The van der Waals surface area contributed by atoms with Gasteiger partial charge in [0.15, 0.2) is 0 Å². The number of rotatable bonds is 5. The first-order valence-corrected chi connectivity index (χ1v) is 13.0. The van der Waals surface area contributed by atoms with Gasteiger partial charge in [-0.15, -0.1) is 10.2 Å². The zero-order valence-corrected chi connectivity index (χ0v) is 21.4. The first-order valence-electron chi connectivity index (χ1n) is 13.0. The van der Waals surface area contributed by atoms with Crippen LogP contribution in [-0.4, -0.2) is 76.0 Å². The molecule has 3 fully saturated rings. The highest BCUT2D eigenvalue weighted by Gasteiger charge is 2.49. The van der Waals surface area contributed by atoms with Crippen LogP contribution in [0.4, 0.5) is 0 Å². The van der Waals surface area contributed by atoms with Gasteiger partial charge in [0.1, 0.15) is 11.5 Å². The quantitative estimate of drug-likeness (QED) is 0.640.